The third-order valence-corrected chi connectivity index (χ3v) is 6.83. The molecule has 2 bridgehead atoms. The van der Waals surface area contributed by atoms with Gasteiger partial charge >= 0.3 is 0 Å². The maximum Gasteiger partial charge on any atom is 0.269 e. The Hall–Kier alpha value is -1.75. The van der Waals surface area contributed by atoms with Crippen LogP contribution in [-0.2, 0) is 14.8 Å². The summed E-state index contributed by atoms with van der Waals surface area (Å²) >= 11 is 0. The predicted octanol–water partition coefficient (Wildman–Crippen LogP) is 0.785. The van der Waals surface area contributed by atoms with Gasteiger partial charge in [0.15, 0.2) is 0 Å². The van der Waals surface area contributed by atoms with Gasteiger partial charge in [-0.2, -0.15) is 0 Å². The summed E-state index contributed by atoms with van der Waals surface area (Å²) in [6, 6.07) is 4.51. The zero-order chi connectivity index (χ0) is 18.9. The Bertz CT molecular complexity index is 800. The Kier molecular flexibility index (Phi) is 6.79. The first kappa shape index (κ1) is 21.5. The SMILES string of the molecule is Cl.NC1C2CCC(C2)C1C(=O)NCCNS(=O)(=O)c1ccc([N+](=O)[O-])cc1. The van der Waals surface area contributed by atoms with Gasteiger partial charge in [0.05, 0.1) is 15.7 Å². The van der Waals surface area contributed by atoms with Crippen molar-refractivity contribution in [3.05, 3.63) is 34.4 Å². The van der Waals surface area contributed by atoms with E-state index in [0.717, 1.165) is 31.4 Å². The first-order chi connectivity index (χ1) is 12.3. The lowest BCUT2D eigenvalue weighted by atomic mass is 9.84. The number of nitro groups is 1. The van der Waals surface area contributed by atoms with E-state index >= 15 is 0 Å². The van der Waals surface area contributed by atoms with E-state index in [4.69, 9.17) is 5.73 Å². The van der Waals surface area contributed by atoms with Crippen molar-refractivity contribution in [3.63, 3.8) is 0 Å². The lowest BCUT2D eigenvalue weighted by Crippen LogP contribution is -2.46. The van der Waals surface area contributed by atoms with Crippen LogP contribution in [0.3, 0.4) is 0 Å². The highest BCUT2D eigenvalue weighted by molar-refractivity contribution is 7.89. The summed E-state index contributed by atoms with van der Waals surface area (Å²) in [6.07, 6.45) is 3.12. The molecule has 9 nitrogen and oxygen atoms in total. The van der Waals surface area contributed by atoms with Crippen LogP contribution in [0.4, 0.5) is 5.69 Å². The van der Waals surface area contributed by atoms with Crippen molar-refractivity contribution < 1.29 is 18.1 Å². The Labute approximate surface area is 163 Å². The van der Waals surface area contributed by atoms with Crippen LogP contribution in [-0.4, -0.2) is 38.4 Å². The van der Waals surface area contributed by atoms with Gasteiger partial charge in [0, 0.05) is 31.3 Å². The topological polar surface area (TPSA) is 144 Å². The summed E-state index contributed by atoms with van der Waals surface area (Å²) in [5.74, 6) is 0.474. The molecule has 2 aliphatic rings. The normalized spacial score (nSPS) is 26.4. The summed E-state index contributed by atoms with van der Waals surface area (Å²) in [5.41, 5.74) is 5.95. The Morgan fingerprint density at radius 3 is 2.37 bits per heavy atom. The minimum atomic E-state index is -3.79. The molecule has 4 atom stereocenters. The molecule has 0 aliphatic heterocycles. The van der Waals surface area contributed by atoms with E-state index < -0.39 is 14.9 Å². The number of nitrogens with two attached hydrogens (primary N) is 1. The lowest BCUT2D eigenvalue weighted by molar-refractivity contribution is -0.384. The molecule has 1 amide bonds. The van der Waals surface area contributed by atoms with Crippen LogP contribution in [0.5, 0.6) is 0 Å². The number of sulfonamides is 1. The third kappa shape index (κ3) is 4.57. The van der Waals surface area contributed by atoms with E-state index in [2.05, 4.69) is 10.0 Å². The standard InChI is InChI=1S/C16H22N4O5S.ClH/c17-15-11-2-1-10(9-11)14(15)16(21)18-7-8-19-26(24,25)13-5-3-12(4-6-13)20(22)23;/h3-6,10-11,14-15,19H,1-2,7-9,17H2,(H,18,21);1H. The Morgan fingerprint density at radius 2 is 1.81 bits per heavy atom. The van der Waals surface area contributed by atoms with Crippen molar-refractivity contribution in [2.75, 3.05) is 13.1 Å². The van der Waals surface area contributed by atoms with E-state index in [1.54, 1.807) is 0 Å². The van der Waals surface area contributed by atoms with Gasteiger partial charge in [-0.25, -0.2) is 13.1 Å². The summed E-state index contributed by atoms with van der Waals surface area (Å²) in [6.45, 7) is 0.187. The molecular weight excluding hydrogens is 396 g/mol. The molecule has 2 aliphatic carbocycles. The molecule has 27 heavy (non-hydrogen) atoms. The van der Waals surface area contributed by atoms with Crippen LogP contribution in [0.1, 0.15) is 19.3 Å². The van der Waals surface area contributed by atoms with Crippen molar-refractivity contribution in [1.29, 1.82) is 0 Å². The van der Waals surface area contributed by atoms with Crippen LogP contribution < -0.4 is 15.8 Å². The molecule has 0 radical (unpaired) electrons. The van der Waals surface area contributed by atoms with E-state index in [9.17, 15) is 23.3 Å². The largest absolute Gasteiger partial charge is 0.354 e. The predicted molar refractivity (Wildman–Crippen MR) is 101 cm³/mol. The summed E-state index contributed by atoms with van der Waals surface area (Å²) < 4.78 is 26.7. The first-order valence-corrected chi connectivity index (χ1v) is 10.1. The summed E-state index contributed by atoms with van der Waals surface area (Å²) in [5, 5.41) is 13.4. The molecule has 0 heterocycles. The molecule has 3 rings (SSSR count). The van der Waals surface area contributed by atoms with Gasteiger partial charge in [-0.05, 0) is 43.2 Å². The maximum atomic E-state index is 12.3. The second-order valence-corrected chi connectivity index (χ2v) is 8.64. The fraction of sp³-hybridized carbons (Fsp3) is 0.562. The van der Waals surface area contributed by atoms with E-state index in [0.29, 0.717) is 11.8 Å². The first-order valence-electron chi connectivity index (χ1n) is 8.57. The number of amides is 1. The summed E-state index contributed by atoms with van der Waals surface area (Å²) in [4.78, 5) is 22.3. The van der Waals surface area contributed by atoms with E-state index in [1.807, 2.05) is 0 Å². The van der Waals surface area contributed by atoms with Crippen molar-refractivity contribution in [1.82, 2.24) is 10.0 Å². The molecule has 1 aromatic rings. The van der Waals surface area contributed by atoms with Gasteiger partial charge in [-0.3, -0.25) is 14.9 Å². The summed E-state index contributed by atoms with van der Waals surface area (Å²) in [7, 11) is -3.79. The number of fused-ring (bicyclic) bond motifs is 2. The third-order valence-electron chi connectivity index (χ3n) is 5.36. The number of nitrogens with zero attached hydrogens (tertiary/aromatic N) is 1. The number of nitro benzene ring substituents is 1. The number of nitrogens with one attached hydrogen (secondary N) is 2. The van der Waals surface area contributed by atoms with Crippen molar-refractivity contribution in [2.45, 2.75) is 30.2 Å². The zero-order valence-electron chi connectivity index (χ0n) is 14.5. The molecule has 2 saturated carbocycles. The fourth-order valence-corrected chi connectivity index (χ4v) is 5.08. The van der Waals surface area contributed by atoms with Gasteiger partial charge < -0.3 is 11.1 Å². The van der Waals surface area contributed by atoms with Crippen LogP contribution in [0.2, 0.25) is 0 Å². The van der Waals surface area contributed by atoms with E-state index in [-0.39, 0.29) is 53.9 Å². The second kappa shape index (κ2) is 8.51. The quantitative estimate of drug-likeness (QED) is 0.339. The van der Waals surface area contributed by atoms with Crippen molar-refractivity contribution >= 4 is 34.0 Å². The molecule has 11 heteroatoms. The minimum absolute atomic E-state index is 0. The molecular formula is C16H23ClN4O5S. The maximum absolute atomic E-state index is 12.3. The number of hydrogen-bond acceptors (Lipinski definition) is 6. The number of carbonyl (C=O) groups excluding carboxylic acids is 1. The highest BCUT2D eigenvalue weighted by Crippen LogP contribution is 2.47. The highest BCUT2D eigenvalue weighted by Gasteiger charge is 2.48. The van der Waals surface area contributed by atoms with Crippen molar-refractivity contribution in [2.24, 2.45) is 23.5 Å². The number of rotatable bonds is 7. The fourth-order valence-electron chi connectivity index (χ4n) is 4.04. The number of non-ortho nitro benzene ring substituents is 1. The van der Waals surface area contributed by atoms with Crippen LogP contribution in [0.15, 0.2) is 29.2 Å². The molecule has 0 spiro atoms. The molecule has 1 aromatic carbocycles. The number of carbonyl (C=O) groups is 1. The number of benzene rings is 1. The average molecular weight is 419 g/mol. The molecule has 0 aromatic heterocycles. The van der Waals surface area contributed by atoms with Gasteiger partial charge in [-0.15, -0.1) is 12.4 Å². The second-order valence-electron chi connectivity index (χ2n) is 6.88. The number of hydrogen-bond donors (Lipinski definition) is 3. The lowest BCUT2D eigenvalue weighted by Gasteiger charge is -2.27. The highest BCUT2D eigenvalue weighted by atomic mass is 35.5. The molecule has 0 saturated heterocycles. The minimum Gasteiger partial charge on any atom is -0.354 e. The Balaban J connectivity index is 0.00000261. The smallest absolute Gasteiger partial charge is 0.269 e. The zero-order valence-corrected chi connectivity index (χ0v) is 16.2. The Morgan fingerprint density at radius 1 is 1.19 bits per heavy atom. The van der Waals surface area contributed by atoms with Gasteiger partial charge in [-0.1, -0.05) is 0 Å². The molecule has 4 unspecified atom stereocenters. The molecule has 150 valence electrons. The van der Waals surface area contributed by atoms with Gasteiger partial charge in [0.2, 0.25) is 15.9 Å². The monoisotopic (exact) mass is 418 g/mol. The van der Waals surface area contributed by atoms with Crippen molar-refractivity contribution in [3.8, 4) is 0 Å². The van der Waals surface area contributed by atoms with Gasteiger partial charge in [0.25, 0.3) is 5.69 Å². The van der Waals surface area contributed by atoms with Crippen LogP contribution in [0, 0.1) is 27.9 Å². The number of halogens is 1. The molecule has 4 N–H and O–H groups in total. The van der Waals surface area contributed by atoms with Crippen LogP contribution >= 0.6 is 12.4 Å². The average Bonchev–Trinajstić information content (AvgIpc) is 3.20. The van der Waals surface area contributed by atoms with Gasteiger partial charge in [0.1, 0.15) is 0 Å². The molecule has 2 fully saturated rings. The van der Waals surface area contributed by atoms with Crippen LogP contribution in [0.25, 0.3) is 0 Å². The van der Waals surface area contributed by atoms with E-state index in [1.165, 1.54) is 12.1 Å².